The Morgan fingerprint density at radius 3 is 2.17 bits per heavy atom. The molecule has 0 aliphatic heterocycles. The summed E-state index contributed by atoms with van der Waals surface area (Å²) in [5.41, 5.74) is 0. The molecule has 0 heterocycles. The van der Waals surface area contributed by atoms with E-state index in [2.05, 4.69) is 6.58 Å². The maximum absolute atomic E-state index is 9.89. The van der Waals surface area contributed by atoms with E-state index in [9.17, 15) is 5.11 Å². The molecule has 0 saturated heterocycles. The highest BCUT2D eigenvalue weighted by atomic mass is 28.4. The van der Waals surface area contributed by atoms with Crippen LogP contribution in [0.15, 0.2) is 12.7 Å². The molecule has 1 N–H and O–H groups in total. The van der Waals surface area contributed by atoms with Gasteiger partial charge in [-0.25, -0.2) is 0 Å². The van der Waals surface area contributed by atoms with Crippen LogP contribution in [0.25, 0.3) is 0 Å². The maximum atomic E-state index is 9.89. The molecule has 7 heteroatoms. The van der Waals surface area contributed by atoms with Crippen LogP contribution in [0, 0.1) is 0 Å². The molecule has 23 heavy (non-hydrogen) atoms. The zero-order chi connectivity index (χ0) is 17.6. The number of aliphatic hydroxyl groups is 1. The van der Waals surface area contributed by atoms with Gasteiger partial charge in [0.15, 0.2) is 0 Å². The van der Waals surface area contributed by atoms with Gasteiger partial charge in [0, 0.05) is 45.6 Å². The molecule has 6 nitrogen and oxygen atoms in total. The highest BCUT2D eigenvalue weighted by molar-refractivity contribution is 6.60. The zero-order valence-corrected chi connectivity index (χ0v) is 16.3. The van der Waals surface area contributed by atoms with Crippen molar-refractivity contribution in [2.45, 2.75) is 39.3 Å². The molecule has 0 rings (SSSR count). The fourth-order valence-corrected chi connectivity index (χ4v) is 4.90. The second kappa shape index (κ2) is 14.1. The van der Waals surface area contributed by atoms with E-state index >= 15 is 0 Å². The first-order valence-corrected chi connectivity index (χ1v) is 10.4. The van der Waals surface area contributed by atoms with Crippen LogP contribution in [-0.4, -0.2) is 78.1 Å². The summed E-state index contributed by atoms with van der Waals surface area (Å²) in [6.45, 7) is 13.5. The smallest absolute Gasteiger partial charge is 0.389 e. The average Bonchev–Trinajstić information content (AvgIpc) is 2.48. The summed E-state index contributed by atoms with van der Waals surface area (Å²) in [5, 5.41) is 9.89. The van der Waals surface area contributed by atoms with E-state index in [1.165, 1.54) is 0 Å². The van der Waals surface area contributed by atoms with Crippen molar-refractivity contribution >= 4 is 8.80 Å². The standard InChI is InChI=1S/C16H35NO5Si/c1-6-11-17(5)14-16(18)15-19-12-10-13-23(20-7-2,21-8-3)22-9-4/h6,16,18H,1,7-15H2,2-5H3. The largest absolute Gasteiger partial charge is 0.501 e. The third-order valence-electron chi connectivity index (χ3n) is 3.14. The van der Waals surface area contributed by atoms with Crippen LogP contribution in [0.3, 0.4) is 0 Å². The molecule has 0 aromatic rings. The first-order valence-electron chi connectivity index (χ1n) is 8.50. The van der Waals surface area contributed by atoms with E-state index in [4.69, 9.17) is 18.0 Å². The summed E-state index contributed by atoms with van der Waals surface area (Å²) >= 11 is 0. The molecule has 0 aromatic heterocycles. The maximum Gasteiger partial charge on any atom is 0.501 e. The van der Waals surface area contributed by atoms with Gasteiger partial charge < -0.3 is 28.0 Å². The molecule has 0 saturated carbocycles. The lowest BCUT2D eigenvalue weighted by atomic mass is 10.3. The van der Waals surface area contributed by atoms with Crippen LogP contribution in [0.5, 0.6) is 0 Å². The van der Waals surface area contributed by atoms with Crippen molar-refractivity contribution in [3.05, 3.63) is 12.7 Å². The van der Waals surface area contributed by atoms with Crippen LogP contribution in [0.4, 0.5) is 0 Å². The number of hydrogen-bond donors (Lipinski definition) is 1. The van der Waals surface area contributed by atoms with E-state index in [1.807, 2.05) is 38.8 Å². The lowest BCUT2D eigenvalue weighted by Gasteiger charge is -2.28. The van der Waals surface area contributed by atoms with Gasteiger partial charge in [0.25, 0.3) is 0 Å². The second-order valence-corrected chi connectivity index (χ2v) is 8.06. The molecule has 0 aliphatic carbocycles. The molecular weight excluding hydrogens is 314 g/mol. The minimum atomic E-state index is -2.57. The fourth-order valence-electron chi connectivity index (χ4n) is 2.32. The molecule has 0 bridgehead atoms. The van der Waals surface area contributed by atoms with Gasteiger partial charge in [-0.1, -0.05) is 6.08 Å². The topological polar surface area (TPSA) is 60.4 Å². The molecule has 0 fully saturated rings. The Morgan fingerprint density at radius 1 is 1.13 bits per heavy atom. The lowest BCUT2D eigenvalue weighted by Crippen LogP contribution is -2.46. The van der Waals surface area contributed by atoms with Crippen molar-refractivity contribution in [3.63, 3.8) is 0 Å². The summed E-state index contributed by atoms with van der Waals surface area (Å²) in [5.74, 6) is 0. The number of rotatable bonds is 16. The Morgan fingerprint density at radius 2 is 1.70 bits per heavy atom. The number of hydrogen-bond acceptors (Lipinski definition) is 6. The van der Waals surface area contributed by atoms with Crippen LogP contribution in [0.1, 0.15) is 27.2 Å². The zero-order valence-electron chi connectivity index (χ0n) is 15.3. The van der Waals surface area contributed by atoms with Crippen molar-refractivity contribution < 1.29 is 23.1 Å². The minimum absolute atomic E-state index is 0.327. The van der Waals surface area contributed by atoms with E-state index in [1.54, 1.807) is 0 Å². The van der Waals surface area contributed by atoms with Gasteiger partial charge in [0.05, 0.1) is 12.7 Å². The average molecular weight is 350 g/mol. The summed E-state index contributed by atoms with van der Waals surface area (Å²) in [6.07, 6.45) is 2.11. The molecular formula is C16H35NO5Si. The second-order valence-electron chi connectivity index (χ2n) is 5.32. The SMILES string of the molecule is C=CCN(C)CC(O)COCCC[Si](OCC)(OCC)OCC. The third-order valence-corrected chi connectivity index (χ3v) is 6.29. The van der Waals surface area contributed by atoms with Gasteiger partial charge in [-0.2, -0.15) is 0 Å². The van der Waals surface area contributed by atoms with Crippen molar-refractivity contribution in [2.24, 2.45) is 0 Å². The van der Waals surface area contributed by atoms with Gasteiger partial charge in [-0.05, 0) is 34.2 Å². The van der Waals surface area contributed by atoms with E-state index in [0.29, 0.717) is 39.6 Å². The molecule has 0 radical (unpaired) electrons. The highest BCUT2D eigenvalue weighted by Gasteiger charge is 2.39. The van der Waals surface area contributed by atoms with Gasteiger partial charge in [-0.3, -0.25) is 0 Å². The number of aliphatic hydroxyl groups excluding tert-OH is 1. The summed E-state index contributed by atoms with van der Waals surface area (Å²) in [4.78, 5) is 2.00. The van der Waals surface area contributed by atoms with Crippen molar-refractivity contribution in [1.29, 1.82) is 0 Å². The normalized spacial score (nSPS) is 13.5. The Bertz CT molecular complexity index is 277. The van der Waals surface area contributed by atoms with Crippen LogP contribution in [-0.2, 0) is 18.0 Å². The van der Waals surface area contributed by atoms with Gasteiger partial charge in [0.1, 0.15) is 0 Å². The predicted octanol–water partition coefficient (Wildman–Crippen LogP) is 1.92. The molecule has 0 aromatic carbocycles. The van der Waals surface area contributed by atoms with E-state index < -0.39 is 14.9 Å². The molecule has 1 unspecified atom stereocenters. The molecule has 138 valence electrons. The van der Waals surface area contributed by atoms with E-state index in [0.717, 1.165) is 19.0 Å². The number of ether oxygens (including phenoxy) is 1. The third kappa shape index (κ3) is 11.0. The first-order chi connectivity index (χ1) is 11.0. The molecule has 1 atom stereocenters. The van der Waals surface area contributed by atoms with Gasteiger partial charge >= 0.3 is 8.80 Å². The summed E-state index contributed by atoms with van der Waals surface area (Å²) in [6, 6.07) is 0.731. The first kappa shape index (κ1) is 22.7. The van der Waals surface area contributed by atoms with Gasteiger partial charge in [-0.15, -0.1) is 6.58 Å². The Hall–Kier alpha value is -0.283. The van der Waals surface area contributed by atoms with Crippen molar-refractivity contribution in [2.75, 3.05) is 53.2 Å². The van der Waals surface area contributed by atoms with Crippen LogP contribution >= 0.6 is 0 Å². The number of likely N-dealkylation sites (N-methyl/N-ethyl adjacent to an activating group) is 1. The van der Waals surface area contributed by atoms with Crippen molar-refractivity contribution in [3.8, 4) is 0 Å². The summed E-state index contributed by atoms with van der Waals surface area (Å²) < 4.78 is 22.9. The van der Waals surface area contributed by atoms with E-state index in [-0.39, 0.29) is 0 Å². The Kier molecular flexibility index (Phi) is 13.9. The Balaban J connectivity index is 4.02. The summed E-state index contributed by atoms with van der Waals surface area (Å²) in [7, 11) is -0.630. The molecule has 0 aliphatic rings. The predicted molar refractivity (Wildman–Crippen MR) is 94.6 cm³/mol. The highest BCUT2D eigenvalue weighted by Crippen LogP contribution is 2.18. The molecule has 0 spiro atoms. The Labute approximate surface area is 142 Å². The fraction of sp³-hybridized carbons (Fsp3) is 0.875. The lowest BCUT2D eigenvalue weighted by molar-refractivity contribution is 0.0197. The van der Waals surface area contributed by atoms with Crippen molar-refractivity contribution in [1.82, 2.24) is 4.90 Å². The monoisotopic (exact) mass is 349 g/mol. The molecule has 0 amide bonds. The minimum Gasteiger partial charge on any atom is -0.389 e. The van der Waals surface area contributed by atoms with Crippen LogP contribution < -0.4 is 0 Å². The van der Waals surface area contributed by atoms with Crippen LogP contribution in [0.2, 0.25) is 6.04 Å². The quantitative estimate of drug-likeness (QED) is 0.261. The van der Waals surface area contributed by atoms with Gasteiger partial charge in [0.2, 0.25) is 0 Å². The number of nitrogens with zero attached hydrogens (tertiary/aromatic N) is 1.